The highest BCUT2D eigenvalue weighted by atomic mass is 19.1. The van der Waals surface area contributed by atoms with Crippen molar-refractivity contribution in [1.82, 2.24) is 25.3 Å². The van der Waals surface area contributed by atoms with Gasteiger partial charge in [-0.3, -0.25) is 19.3 Å². The normalized spacial score (nSPS) is 14.3. The monoisotopic (exact) mass is 546 g/mol. The first kappa shape index (κ1) is 28.6. The van der Waals surface area contributed by atoms with Gasteiger partial charge in [0.05, 0.1) is 23.6 Å². The second-order valence-electron chi connectivity index (χ2n) is 10.6. The molecule has 4 rings (SSSR count). The lowest BCUT2D eigenvalue weighted by Crippen LogP contribution is -2.28. The van der Waals surface area contributed by atoms with Crippen LogP contribution in [0, 0.1) is 11.2 Å². The number of aliphatic imine (C=N–C) groups is 1. The molecule has 11 heteroatoms. The molecular formula is C29H35FN8O2. The zero-order valence-electron chi connectivity index (χ0n) is 23.4. The van der Waals surface area contributed by atoms with E-state index in [0.29, 0.717) is 30.0 Å². The Labute approximate surface area is 232 Å². The Morgan fingerprint density at radius 2 is 2.02 bits per heavy atom. The molecule has 1 aliphatic rings. The fourth-order valence-corrected chi connectivity index (χ4v) is 3.77. The van der Waals surface area contributed by atoms with Crippen molar-refractivity contribution < 1.29 is 9.18 Å². The van der Waals surface area contributed by atoms with Crippen LogP contribution in [-0.2, 0) is 17.9 Å². The minimum absolute atomic E-state index is 0.0339. The van der Waals surface area contributed by atoms with Gasteiger partial charge in [-0.05, 0) is 54.7 Å². The van der Waals surface area contributed by atoms with Gasteiger partial charge in [0.2, 0.25) is 0 Å². The van der Waals surface area contributed by atoms with Crippen molar-refractivity contribution in [1.29, 1.82) is 0 Å². The number of aromatic nitrogens is 4. The standard InChI is InChI=1S/C29H35FN8O2/c1-6-7-8-22(32-16-18(2)29(3,4)5)27(39)34-24-13-19(9-10-21(24)30)23-15-25(28(40)36-35-23)33-26-14-20-17-31-11-12-38(20)37-26/h7-10,13-16,31H,6,11-12,17H2,1-5H3,(H,34,39)(H,36,40)(H,33,35,37)/b8-7-,18-16+,32-22+. The summed E-state index contributed by atoms with van der Waals surface area (Å²) < 4.78 is 16.7. The number of anilines is 3. The Morgan fingerprint density at radius 1 is 1.23 bits per heavy atom. The van der Waals surface area contributed by atoms with Crippen molar-refractivity contribution in [3.05, 3.63) is 76.1 Å². The number of halogens is 1. The molecule has 0 saturated heterocycles. The van der Waals surface area contributed by atoms with Crippen molar-refractivity contribution in [2.45, 2.75) is 54.1 Å². The van der Waals surface area contributed by atoms with Gasteiger partial charge in [0.15, 0.2) is 5.82 Å². The van der Waals surface area contributed by atoms with E-state index in [9.17, 15) is 14.0 Å². The fraction of sp³-hybridized carbons (Fsp3) is 0.345. The third kappa shape index (κ3) is 6.97. The molecule has 0 bridgehead atoms. The van der Waals surface area contributed by atoms with Crippen LogP contribution in [-0.4, -0.2) is 38.1 Å². The van der Waals surface area contributed by atoms with E-state index in [-0.39, 0.29) is 22.5 Å². The molecular weight excluding hydrogens is 511 g/mol. The number of carbonyl (C=O) groups is 1. The van der Waals surface area contributed by atoms with Gasteiger partial charge in [0.25, 0.3) is 11.5 Å². The number of rotatable bonds is 8. The second-order valence-corrected chi connectivity index (χ2v) is 10.6. The van der Waals surface area contributed by atoms with Crippen LogP contribution in [0.4, 0.5) is 21.6 Å². The highest BCUT2D eigenvalue weighted by Gasteiger charge is 2.17. The van der Waals surface area contributed by atoms with Crippen molar-refractivity contribution in [2.75, 3.05) is 17.2 Å². The third-order valence-corrected chi connectivity index (χ3v) is 6.57. The molecule has 3 aromatic rings. The van der Waals surface area contributed by atoms with E-state index in [0.717, 1.165) is 24.4 Å². The first-order valence-corrected chi connectivity index (χ1v) is 13.2. The van der Waals surface area contributed by atoms with Gasteiger partial charge in [-0.1, -0.05) is 33.8 Å². The predicted octanol–water partition coefficient (Wildman–Crippen LogP) is 4.91. The molecule has 0 atom stereocenters. The number of carbonyl (C=O) groups excluding carboxylic acids is 1. The summed E-state index contributed by atoms with van der Waals surface area (Å²) >= 11 is 0. The summed E-state index contributed by atoms with van der Waals surface area (Å²) in [4.78, 5) is 30.0. The summed E-state index contributed by atoms with van der Waals surface area (Å²) in [5, 5.41) is 20.0. The molecule has 4 N–H and O–H groups in total. The van der Waals surface area contributed by atoms with Gasteiger partial charge in [0, 0.05) is 30.9 Å². The average molecular weight is 547 g/mol. The second kappa shape index (κ2) is 12.2. The largest absolute Gasteiger partial charge is 0.334 e. The van der Waals surface area contributed by atoms with Crippen LogP contribution in [0.1, 0.15) is 46.7 Å². The molecule has 0 spiro atoms. The molecule has 0 saturated carbocycles. The van der Waals surface area contributed by atoms with E-state index in [1.807, 2.05) is 30.7 Å². The maximum atomic E-state index is 14.8. The van der Waals surface area contributed by atoms with Gasteiger partial charge < -0.3 is 16.0 Å². The SMILES string of the molecule is CC\C=C/C(=N\C=C(/C)C(C)(C)C)C(=O)Nc1cc(-c2cc(Nc3cc4n(n3)CCNC4)c(=O)[nH]n2)ccc1F. The Hall–Kier alpha value is -4.38. The van der Waals surface area contributed by atoms with E-state index in [1.165, 1.54) is 18.2 Å². The number of aromatic amines is 1. The van der Waals surface area contributed by atoms with Crippen LogP contribution in [0.15, 0.2) is 64.0 Å². The van der Waals surface area contributed by atoms with Crippen LogP contribution in [0.2, 0.25) is 0 Å². The fourth-order valence-electron chi connectivity index (χ4n) is 3.77. The number of nitrogens with zero attached hydrogens (tertiary/aromatic N) is 4. The zero-order valence-corrected chi connectivity index (χ0v) is 23.4. The van der Waals surface area contributed by atoms with E-state index in [4.69, 9.17) is 0 Å². The van der Waals surface area contributed by atoms with Gasteiger partial charge in [-0.15, -0.1) is 0 Å². The number of H-pyrrole nitrogens is 1. The molecule has 10 nitrogen and oxygen atoms in total. The average Bonchev–Trinajstić information content (AvgIpc) is 3.33. The van der Waals surface area contributed by atoms with Crippen LogP contribution >= 0.6 is 0 Å². The summed E-state index contributed by atoms with van der Waals surface area (Å²) in [6.07, 6.45) is 5.81. The molecule has 1 aromatic carbocycles. The zero-order chi connectivity index (χ0) is 28.9. The van der Waals surface area contributed by atoms with Gasteiger partial charge in [-0.2, -0.15) is 10.2 Å². The molecule has 1 amide bonds. The van der Waals surface area contributed by atoms with E-state index in [2.05, 4.69) is 57.0 Å². The van der Waals surface area contributed by atoms with Crippen LogP contribution in [0.3, 0.4) is 0 Å². The van der Waals surface area contributed by atoms with Crippen LogP contribution < -0.4 is 21.5 Å². The lowest BCUT2D eigenvalue weighted by Gasteiger charge is -2.18. The number of allylic oxidation sites excluding steroid dienone is 2. The van der Waals surface area contributed by atoms with E-state index >= 15 is 0 Å². The van der Waals surface area contributed by atoms with Gasteiger partial charge in [0.1, 0.15) is 17.2 Å². The summed E-state index contributed by atoms with van der Waals surface area (Å²) in [5.74, 6) is -0.623. The Bertz CT molecular complexity index is 1520. The van der Waals surface area contributed by atoms with E-state index < -0.39 is 17.3 Å². The molecule has 210 valence electrons. The summed E-state index contributed by atoms with van der Waals surface area (Å²) in [6, 6.07) is 7.67. The summed E-state index contributed by atoms with van der Waals surface area (Å²) in [7, 11) is 0. The molecule has 0 aliphatic carbocycles. The highest BCUT2D eigenvalue weighted by molar-refractivity contribution is 6.47. The highest BCUT2D eigenvalue weighted by Crippen LogP contribution is 2.26. The minimum Gasteiger partial charge on any atom is -0.334 e. The smallest absolute Gasteiger partial charge is 0.287 e. The number of hydrogen-bond acceptors (Lipinski definition) is 7. The van der Waals surface area contributed by atoms with E-state index in [1.54, 1.807) is 18.3 Å². The number of nitrogens with one attached hydrogen (secondary N) is 4. The molecule has 40 heavy (non-hydrogen) atoms. The molecule has 1 aliphatic heterocycles. The number of benzene rings is 1. The Morgan fingerprint density at radius 3 is 2.75 bits per heavy atom. The lowest BCUT2D eigenvalue weighted by molar-refractivity contribution is -0.110. The van der Waals surface area contributed by atoms with Crippen molar-refractivity contribution in [3.8, 4) is 11.3 Å². The van der Waals surface area contributed by atoms with Crippen molar-refractivity contribution >= 4 is 28.8 Å². The molecule has 2 aromatic heterocycles. The van der Waals surface area contributed by atoms with Crippen LogP contribution in [0.5, 0.6) is 0 Å². The van der Waals surface area contributed by atoms with Crippen LogP contribution in [0.25, 0.3) is 11.3 Å². The number of amides is 1. The Balaban J connectivity index is 1.59. The maximum absolute atomic E-state index is 14.8. The lowest BCUT2D eigenvalue weighted by atomic mass is 9.88. The topological polar surface area (TPSA) is 129 Å². The van der Waals surface area contributed by atoms with Gasteiger partial charge in [-0.25, -0.2) is 9.49 Å². The minimum atomic E-state index is -0.614. The summed E-state index contributed by atoms with van der Waals surface area (Å²) in [5.41, 5.74) is 2.72. The number of fused-ring (bicyclic) bond motifs is 1. The first-order valence-electron chi connectivity index (χ1n) is 13.2. The van der Waals surface area contributed by atoms with Gasteiger partial charge >= 0.3 is 0 Å². The quantitative estimate of drug-likeness (QED) is 0.297. The number of hydrogen-bond donors (Lipinski definition) is 4. The molecule has 3 heterocycles. The van der Waals surface area contributed by atoms with Crippen molar-refractivity contribution in [2.24, 2.45) is 10.4 Å². The first-order chi connectivity index (χ1) is 19.0. The molecule has 0 fully saturated rings. The summed E-state index contributed by atoms with van der Waals surface area (Å²) in [6.45, 7) is 12.3. The third-order valence-electron chi connectivity index (χ3n) is 6.57. The Kier molecular flexibility index (Phi) is 8.73. The maximum Gasteiger partial charge on any atom is 0.287 e. The molecule has 0 unspecified atom stereocenters. The molecule has 0 radical (unpaired) electrons. The predicted molar refractivity (Wildman–Crippen MR) is 156 cm³/mol. The van der Waals surface area contributed by atoms with Crippen molar-refractivity contribution in [3.63, 3.8) is 0 Å².